The van der Waals surface area contributed by atoms with E-state index in [1.165, 1.54) is 30.5 Å². The highest BCUT2D eigenvalue weighted by molar-refractivity contribution is 8.93. The van der Waals surface area contributed by atoms with Crippen LogP contribution in [0.5, 0.6) is 5.75 Å². The van der Waals surface area contributed by atoms with Crippen LogP contribution in [0.3, 0.4) is 0 Å². The fourth-order valence-electron chi connectivity index (χ4n) is 3.15. The first-order chi connectivity index (χ1) is 12.2. The van der Waals surface area contributed by atoms with Crippen LogP contribution in [0.1, 0.15) is 18.4 Å². The fourth-order valence-corrected chi connectivity index (χ4v) is 3.28. The molecule has 1 aliphatic heterocycles. The summed E-state index contributed by atoms with van der Waals surface area (Å²) in [4.78, 5) is 0. The highest BCUT2D eigenvalue weighted by Crippen LogP contribution is 2.21. The maximum absolute atomic E-state index is 12.8. The molecule has 0 bridgehead atoms. The van der Waals surface area contributed by atoms with Gasteiger partial charge in [0.15, 0.2) is 0 Å². The van der Waals surface area contributed by atoms with Crippen molar-refractivity contribution in [3.05, 3.63) is 64.9 Å². The predicted octanol–water partition coefficient (Wildman–Crippen LogP) is 4.90. The van der Waals surface area contributed by atoms with Gasteiger partial charge in [0.05, 0.1) is 0 Å². The van der Waals surface area contributed by atoms with Crippen molar-refractivity contribution < 1.29 is 9.13 Å². The topological polar surface area (TPSA) is 24.5 Å². The Morgan fingerprint density at radius 2 is 1.69 bits per heavy atom. The molecule has 0 radical (unpaired) electrons. The summed E-state index contributed by atoms with van der Waals surface area (Å²) in [6.07, 6.45) is 3.50. The smallest absolute Gasteiger partial charge is 0.123 e. The Hall–Kier alpha value is -1.14. The average molecular weight is 444 g/mol. The molecule has 0 atom stereocenters. The Morgan fingerprint density at radius 1 is 1.04 bits per heavy atom. The van der Waals surface area contributed by atoms with Crippen molar-refractivity contribution in [1.29, 1.82) is 0 Å². The van der Waals surface area contributed by atoms with E-state index in [0.717, 1.165) is 37.0 Å². The minimum absolute atomic E-state index is 0. The Kier molecular flexibility index (Phi) is 8.85. The maximum atomic E-state index is 12.8. The third kappa shape index (κ3) is 6.88. The molecule has 1 aliphatic rings. The molecule has 142 valence electrons. The molecule has 26 heavy (non-hydrogen) atoms. The standard InChI is InChI=1S/C20H24ClFN2O.BrH/c21-18-3-1-16(2-4-18)15-17-9-12-24(13-10-17)23-11-14-25-20-7-5-19(22)6-8-20;/h1-8,17,23H,9-15H2;1H. The normalized spacial score (nSPS) is 15.5. The molecule has 1 heterocycles. The molecule has 2 aromatic rings. The van der Waals surface area contributed by atoms with Gasteiger partial charge in [-0.3, -0.25) is 5.43 Å². The molecule has 0 aliphatic carbocycles. The van der Waals surface area contributed by atoms with Gasteiger partial charge < -0.3 is 4.74 Å². The molecule has 1 fully saturated rings. The highest BCUT2D eigenvalue weighted by atomic mass is 79.9. The molecule has 2 aromatic carbocycles. The third-order valence-corrected chi connectivity index (χ3v) is 4.82. The molecule has 0 saturated carbocycles. The summed E-state index contributed by atoms with van der Waals surface area (Å²) in [5.41, 5.74) is 4.78. The van der Waals surface area contributed by atoms with Gasteiger partial charge in [-0.05, 0) is 67.1 Å². The van der Waals surface area contributed by atoms with Crippen molar-refractivity contribution in [3.63, 3.8) is 0 Å². The van der Waals surface area contributed by atoms with Crippen molar-refractivity contribution in [3.8, 4) is 5.75 Å². The summed E-state index contributed by atoms with van der Waals surface area (Å²) >= 11 is 5.94. The highest BCUT2D eigenvalue weighted by Gasteiger charge is 2.19. The first-order valence-corrected chi connectivity index (χ1v) is 9.18. The molecular formula is C20H25BrClFN2O. The minimum Gasteiger partial charge on any atom is -0.492 e. The minimum atomic E-state index is -0.244. The van der Waals surface area contributed by atoms with E-state index in [4.69, 9.17) is 16.3 Å². The van der Waals surface area contributed by atoms with E-state index in [9.17, 15) is 4.39 Å². The number of hydrogen-bond acceptors (Lipinski definition) is 3. The van der Waals surface area contributed by atoms with Crippen LogP contribution in [0.15, 0.2) is 48.5 Å². The largest absolute Gasteiger partial charge is 0.492 e. The Morgan fingerprint density at radius 3 is 2.35 bits per heavy atom. The van der Waals surface area contributed by atoms with E-state index in [0.29, 0.717) is 12.4 Å². The summed E-state index contributed by atoms with van der Waals surface area (Å²) in [6.45, 7) is 3.42. The van der Waals surface area contributed by atoms with Crippen molar-refractivity contribution in [1.82, 2.24) is 10.4 Å². The Balaban J connectivity index is 0.00000243. The number of benzene rings is 2. The second-order valence-corrected chi connectivity index (χ2v) is 6.91. The number of rotatable bonds is 7. The van der Waals surface area contributed by atoms with Crippen molar-refractivity contribution >= 4 is 28.6 Å². The molecule has 1 N–H and O–H groups in total. The molecule has 0 spiro atoms. The first kappa shape index (κ1) is 21.2. The Labute approximate surface area is 170 Å². The monoisotopic (exact) mass is 442 g/mol. The van der Waals surface area contributed by atoms with Crippen molar-refractivity contribution in [2.75, 3.05) is 26.2 Å². The molecule has 3 nitrogen and oxygen atoms in total. The average Bonchev–Trinajstić information content (AvgIpc) is 2.63. The molecule has 0 aromatic heterocycles. The van der Waals surface area contributed by atoms with Gasteiger partial charge in [0.25, 0.3) is 0 Å². The van der Waals surface area contributed by atoms with Gasteiger partial charge in [0.1, 0.15) is 18.2 Å². The van der Waals surface area contributed by atoms with Crippen LogP contribution < -0.4 is 10.2 Å². The molecule has 3 rings (SSSR count). The van der Waals surface area contributed by atoms with Gasteiger partial charge in [-0.2, -0.15) is 0 Å². The number of nitrogens with one attached hydrogen (secondary N) is 1. The lowest BCUT2D eigenvalue weighted by molar-refractivity contribution is 0.115. The lowest BCUT2D eigenvalue weighted by Crippen LogP contribution is -2.45. The molecule has 6 heteroatoms. The van der Waals surface area contributed by atoms with E-state index in [1.807, 2.05) is 12.1 Å². The van der Waals surface area contributed by atoms with Gasteiger partial charge in [0.2, 0.25) is 0 Å². The van der Waals surface area contributed by atoms with Crippen LogP contribution in [0.2, 0.25) is 5.02 Å². The fraction of sp³-hybridized carbons (Fsp3) is 0.400. The summed E-state index contributed by atoms with van der Waals surface area (Å²) in [6, 6.07) is 14.3. The number of piperidine rings is 1. The van der Waals surface area contributed by atoms with Crippen LogP contribution >= 0.6 is 28.6 Å². The lowest BCUT2D eigenvalue weighted by Gasteiger charge is -2.32. The molecular weight excluding hydrogens is 419 g/mol. The van der Waals surface area contributed by atoms with Crippen LogP contribution in [0, 0.1) is 11.7 Å². The SMILES string of the molecule is Br.Fc1ccc(OCCNN2CCC(Cc3ccc(Cl)cc3)CC2)cc1. The maximum Gasteiger partial charge on any atom is 0.123 e. The van der Waals surface area contributed by atoms with Crippen molar-refractivity contribution in [2.24, 2.45) is 5.92 Å². The summed E-state index contributed by atoms with van der Waals surface area (Å²) < 4.78 is 18.4. The molecule has 0 amide bonds. The number of hydrogen-bond donors (Lipinski definition) is 1. The number of hydrazine groups is 1. The first-order valence-electron chi connectivity index (χ1n) is 8.80. The van der Waals surface area contributed by atoms with Gasteiger partial charge in [-0.25, -0.2) is 9.40 Å². The molecule has 0 unspecified atom stereocenters. The van der Waals surface area contributed by atoms with E-state index in [-0.39, 0.29) is 22.8 Å². The van der Waals surface area contributed by atoms with E-state index >= 15 is 0 Å². The number of ether oxygens (including phenoxy) is 1. The summed E-state index contributed by atoms with van der Waals surface area (Å²) in [5.74, 6) is 1.19. The van der Waals surface area contributed by atoms with Crippen LogP contribution in [0.4, 0.5) is 4.39 Å². The van der Waals surface area contributed by atoms with E-state index in [1.54, 1.807) is 12.1 Å². The molecule has 1 saturated heterocycles. The zero-order valence-corrected chi connectivity index (χ0v) is 17.1. The van der Waals surface area contributed by atoms with Gasteiger partial charge in [-0.1, -0.05) is 23.7 Å². The second-order valence-electron chi connectivity index (χ2n) is 6.47. The zero-order valence-electron chi connectivity index (χ0n) is 14.7. The van der Waals surface area contributed by atoms with E-state index < -0.39 is 0 Å². The summed E-state index contributed by atoms with van der Waals surface area (Å²) in [7, 11) is 0. The van der Waals surface area contributed by atoms with Crippen LogP contribution in [0.25, 0.3) is 0 Å². The number of nitrogens with zero attached hydrogens (tertiary/aromatic N) is 1. The number of halogens is 3. The predicted molar refractivity (Wildman–Crippen MR) is 110 cm³/mol. The van der Waals surface area contributed by atoms with Crippen molar-refractivity contribution in [2.45, 2.75) is 19.3 Å². The van der Waals surface area contributed by atoms with Gasteiger partial charge >= 0.3 is 0 Å². The zero-order chi connectivity index (χ0) is 17.5. The quantitative estimate of drug-likeness (QED) is 0.616. The van der Waals surface area contributed by atoms with Crippen LogP contribution in [-0.4, -0.2) is 31.3 Å². The third-order valence-electron chi connectivity index (χ3n) is 4.57. The summed E-state index contributed by atoms with van der Waals surface area (Å²) in [5, 5.41) is 3.07. The van der Waals surface area contributed by atoms with Gasteiger partial charge in [0, 0.05) is 24.7 Å². The van der Waals surface area contributed by atoms with Crippen LogP contribution in [-0.2, 0) is 6.42 Å². The van der Waals surface area contributed by atoms with E-state index in [2.05, 4.69) is 22.6 Å². The Bertz CT molecular complexity index is 643. The van der Waals surface area contributed by atoms with Gasteiger partial charge in [-0.15, -0.1) is 17.0 Å². The second kappa shape index (κ2) is 10.9. The lowest BCUT2D eigenvalue weighted by atomic mass is 9.91.